The third kappa shape index (κ3) is 2.34. The molecular formula is C12H14N2O2. The zero-order valence-corrected chi connectivity index (χ0v) is 9.36. The van der Waals surface area contributed by atoms with E-state index in [9.17, 15) is 0 Å². The van der Waals surface area contributed by atoms with Crippen LogP contribution in [-0.2, 0) is 6.61 Å². The fourth-order valence-electron chi connectivity index (χ4n) is 1.34. The van der Waals surface area contributed by atoms with Crippen LogP contribution in [0.25, 0.3) is 0 Å². The summed E-state index contributed by atoms with van der Waals surface area (Å²) in [5.74, 6) is 1.62. The Balaban J connectivity index is 1.97. The molecule has 1 aromatic heterocycles. The van der Waals surface area contributed by atoms with Crippen molar-refractivity contribution in [3.63, 3.8) is 0 Å². The number of nitrogens with zero attached hydrogens (tertiary/aromatic N) is 1. The van der Waals surface area contributed by atoms with Crippen LogP contribution in [0.1, 0.15) is 11.5 Å². The van der Waals surface area contributed by atoms with Gasteiger partial charge in [-0.1, -0.05) is 0 Å². The summed E-state index contributed by atoms with van der Waals surface area (Å²) in [5, 5.41) is 3.05. The van der Waals surface area contributed by atoms with Gasteiger partial charge >= 0.3 is 0 Å². The van der Waals surface area contributed by atoms with Crippen LogP contribution in [0.4, 0.5) is 5.69 Å². The molecule has 0 amide bonds. The third-order valence-corrected chi connectivity index (χ3v) is 2.36. The normalized spacial score (nSPS) is 10.1. The van der Waals surface area contributed by atoms with Gasteiger partial charge in [0.15, 0.2) is 6.39 Å². The minimum atomic E-state index is 0.432. The smallest absolute Gasteiger partial charge is 0.181 e. The molecule has 0 bridgehead atoms. The predicted octanol–water partition coefficient (Wildman–Crippen LogP) is 2.60. The molecule has 0 fully saturated rings. The van der Waals surface area contributed by atoms with Crippen molar-refractivity contribution >= 4 is 5.69 Å². The highest BCUT2D eigenvalue weighted by atomic mass is 16.5. The van der Waals surface area contributed by atoms with Crippen LogP contribution in [0, 0.1) is 6.92 Å². The Kier molecular flexibility index (Phi) is 3.10. The van der Waals surface area contributed by atoms with Gasteiger partial charge in [-0.15, -0.1) is 0 Å². The standard InChI is InChI=1S/C12H14N2O2/c1-9-12(14-8-16-9)7-15-11-5-3-10(13-2)4-6-11/h3-6,8,13H,7H2,1-2H3. The number of hydrogen-bond donors (Lipinski definition) is 1. The highest BCUT2D eigenvalue weighted by Gasteiger charge is 2.03. The van der Waals surface area contributed by atoms with E-state index in [4.69, 9.17) is 9.15 Å². The molecule has 1 heterocycles. The zero-order valence-electron chi connectivity index (χ0n) is 9.36. The molecule has 0 atom stereocenters. The van der Waals surface area contributed by atoms with Crippen molar-refractivity contribution < 1.29 is 9.15 Å². The Morgan fingerprint density at radius 3 is 2.62 bits per heavy atom. The van der Waals surface area contributed by atoms with Gasteiger partial charge in [-0.05, 0) is 31.2 Å². The van der Waals surface area contributed by atoms with E-state index in [0.29, 0.717) is 6.61 Å². The lowest BCUT2D eigenvalue weighted by Gasteiger charge is -2.05. The number of nitrogens with one attached hydrogen (secondary N) is 1. The van der Waals surface area contributed by atoms with E-state index >= 15 is 0 Å². The molecule has 4 heteroatoms. The van der Waals surface area contributed by atoms with Crippen molar-refractivity contribution in [1.29, 1.82) is 0 Å². The van der Waals surface area contributed by atoms with Crippen LogP contribution in [0.3, 0.4) is 0 Å². The van der Waals surface area contributed by atoms with Gasteiger partial charge in [0.2, 0.25) is 0 Å². The first-order valence-electron chi connectivity index (χ1n) is 5.09. The molecule has 2 rings (SSSR count). The van der Waals surface area contributed by atoms with E-state index in [2.05, 4.69) is 10.3 Å². The predicted molar refractivity (Wildman–Crippen MR) is 61.6 cm³/mol. The highest BCUT2D eigenvalue weighted by molar-refractivity contribution is 5.45. The third-order valence-electron chi connectivity index (χ3n) is 2.36. The molecule has 0 saturated heterocycles. The fraction of sp³-hybridized carbons (Fsp3) is 0.250. The molecule has 0 aliphatic carbocycles. The van der Waals surface area contributed by atoms with Gasteiger partial charge in [0, 0.05) is 12.7 Å². The number of oxazole rings is 1. The Hall–Kier alpha value is -1.97. The van der Waals surface area contributed by atoms with E-state index in [1.807, 2.05) is 38.2 Å². The van der Waals surface area contributed by atoms with Gasteiger partial charge in [0.1, 0.15) is 23.8 Å². The zero-order chi connectivity index (χ0) is 11.4. The van der Waals surface area contributed by atoms with Crippen LogP contribution in [0.5, 0.6) is 5.75 Å². The lowest BCUT2D eigenvalue weighted by Crippen LogP contribution is -1.97. The Morgan fingerprint density at radius 1 is 1.31 bits per heavy atom. The summed E-state index contributed by atoms with van der Waals surface area (Å²) < 4.78 is 10.7. The van der Waals surface area contributed by atoms with E-state index in [-0.39, 0.29) is 0 Å². The van der Waals surface area contributed by atoms with Crippen LogP contribution in [0.15, 0.2) is 35.1 Å². The summed E-state index contributed by atoms with van der Waals surface area (Å²) in [6, 6.07) is 7.76. The molecule has 1 aromatic carbocycles. The molecule has 0 unspecified atom stereocenters. The summed E-state index contributed by atoms with van der Waals surface area (Å²) in [6.45, 7) is 2.30. The fourth-order valence-corrected chi connectivity index (χ4v) is 1.34. The first kappa shape index (κ1) is 10.5. The summed E-state index contributed by atoms with van der Waals surface area (Å²) in [6.07, 6.45) is 1.43. The number of aromatic nitrogens is 1. The summed E-state index contributed by atoms with van der Waals surface area (Å²) >= 11 is 0. The van der Waals surface area contributed by atoms with Gasteiger partial charge in [-0.2, -0.15) is 0 Å². The maximum atomic E-state index is 5.58. The van der Waals surface area contributed by atoms with Gasteiger partial charge in [0.25, 0.3) is 0 Å². The summed E-state index contributed by atoms with van der Waals surface area (Å²) in [5.41, 5.74) is 1.89. The largest absolute Gasteiger partial charge is 0.487 e. The number of hydrogen-bond acceptors (Lipinski definition) is 4. The molecule has 4 nitrogen and oxygen atoms in total. The van der Waals surface area contributed by atoms with Gasteiger partial charge in [-0.25, -0.2) is 4.98 Å². The first-order chi connectivity index (χ1) is 7.79. The maximum absolute atomic E-state index is 5.58. The monoisotopic (exact) mass is 218 g/mol. The van der Waals surface area contributed by atoms with Crippen molar-refractivity contribution in [2.45, 2.75) is 13.5 Å². The number of benzene rings is 1. The van der Waals surface area contributed by atoms with E-state index in [0.717, 1.165) is 22.9 Å². The molecule has 1 N–H and O–H groups in total. The topological polar surface area (TPSA) is 47.3 Å². The van der Waals surface area contributed by atoms with Crippen molar-refractivity contribution in [3.8, 4) is 5.75 Å². The molecule has 16 heavy (non-hydrogen) atoms. The van der Waals surface area contributed by atoms with Crippen LogP contribution in [-0.4, -0.2) is 12.0 Å². The first-order valence-corrected chi connectivity index (χ1v) is 5.09. The lowest BCUT2D eigenvalue weighted by atomic mass is 10.3. The molecule has 2 aromatic rings. The summed E-state index contributed by atoms with van der Waals surface area (Å²) in [4.78, 5) is 4.06. The Morgan fingerprint density at radius 2 is 2.06 bits per heavy atom. The molecule has 0 saturated carbocycles. The van der Waals surface area contributed by atoms with Gasteiger partial charge < -0.3 is 14.5 Å². The molecule has 84 valence electrons. The minimum Gasteiger partial charge on any atom is -0.487 e. The number of rotatable bonds is 4. The van der Waals surface area contributed by atoms with E-state index in [1.54, 1.807) is 0 Å². The average Bonchev–Trinajstić information content (AvgIpc) is 2.73. The van der Waals surface area contributed by atoms with Gasteiger partial charge in [-0.3, -0.25) is 0 Å². The molecule has 0 aliphatic rings. The number of anilines is 1. The average molecular weight is 218 g/mol. The second-order valence-electron chi connectivity index (χ2n) is 3.42. The summed E-state index contributed by atoms with van der Waals surface area (Å²) in [7, 11) is 1.88. The van der Waals surface area contributed by atoms with E-state index in [1.165, 1.54) is 6.39 Å². The quantitative estimate of drug-likeness (QED) is 0.856. The molecule has 0 radical (unpaired) electrons. The Labute approximate surface area is 94.3 Å². The maximum Gasteiger partial charge on any atom is 0.181 e. The van der Waals surface area contributed by atoms with Crippen LogP contribution in [0.2, 0.25) is 0 Å². The van der Waals surface area contributed by atoms with Gasteiger partial charge in [0.05, 0.1) is 0 Å². The molecule has 0 aliphatic heterocycles. The highest BCUT2D eigenvalue weighted by Crippen LogP contribution is 2.17. The second kappa shape index (κ2) is 4.70. The van der Waals surface area contributed by atoms with Crippen molar-refractivity contribution in [2.75, 3.05) is 12.4 Å². The van der Waals surface area contributed by atoms with E-state index < -0.39 is 0 Å². The van der Waals surface area contributed by atoms with Crippen molar-refractivity contribution in [1.82, 2.24) is 4.98 Å². The molecule has 0 spiro atoms. The van der Waals surface area contributed by atoms with Crippen molar-refractivity contribution in [2.24, 2.45) is 0 Å². The second-order valence-corrected chi connectivity index (χ2v) is 3.42. The number of aryl methyl sites for hydroxylation is 1. The number of ether oxygens (including phenoxy) is 1. The minimum absolute atomic E-state index is 0.432. The SMILES string of the molecule is CNc1ccc(OCc2ncoc2C)cc1. The Bertz CT molecular complexity index is 448. The lowest BCUT2D eigenvalue weighted by molar-refractivity contribution is 0.299. The van der Waals surface area contributed by atoms with Crippen LogP contribution < -0.4 is 10.1 Å². The van der Waals surface area contributed by atoms with Crippen molar-refractivity contribution in [3.05, 3.63) is 42.1 Å². The molecular weight excluding hydrogens is 204 g/mol. The van der Waals surface area contributed by atoms with Crippen LogP contribution >= 0.6 is 0 Å².